The first-order chi connectivity index (χ1) is 6.15. The van der Waals surface area contributed by atoms with Crippen LogP contribution >= 0.6 is 0 Å². The number of carboxylic acid groups (broad SMARTS) is 1. The second kappa shape index (κ2) is 3.87. The number of nitriles is 1. The van der Waals surface area contributed by atoms with Gasteiger partial charge in [-0.15, -0.1) is 0 Å². The van der Waals surface area contributed by atoms with Crippen LogP contribution in [0.1, 0.15) is 10.6 Å². The lowest BCUT2D eigenvalue weighted by Crippen LogP contribution is -1.94. The van der Waals surface area contributed by atoms with E-state index in [0.29, 0.717) is 0 Å². The molecule has 1 aromatic heterocycles. The van der Waals surface area contributed by atoms with E-state index in [2.05, 4.69) is 0 Å². The zero-order chi connectivity index (χ0) is 9.84. The maximum absolute atomic E-state index is 11.1. The lowest BCUT2D eigenvalue weighted by molar-refractivity contribution is 0.0656. The van der Waals surface area contributed by atoms with Gasteiger partial charge in [-0.05, 0) is 12.1 Å². The van der Waals surface area contributed by atoms with Crippen molar-refractivity contribution >= 4 is 16.8 Å². The topological polar surface area (TPSA) is 91.3 Å². The molecule has 0 saturated heterocycles. The second-order valence-corrected chi connectivity index (χ2v) is 3.45. The molecule has 0 radical (unpaired) electrons. The second-order valence-electron chi connectivity index (χ2n) is 2.07. The average Bonchev–Trinajstić information content (AvgIpc) is 2.52. The molecule has 1 rings (SSSR count). The van der Waals surface area contributed by atoms with Crippen LogP contribution in [0.3, 0.4) is 0 Å². The maximum atomic E-state index is 11.1. The minimum atomic E-state index is -1.57. The molecule has 5 nitrogen and oxygen atoms in total. The molecule has 0 bridgehead atoms. The molecule has 1 unspecified atom stereocenters. The molecule has 13 heavy (non-hydrogen) atoms. The number of hydrogen-bond acceptors (Lipinski definition) is 4. The van der Waals surface area contributed by atoms with Crippen LogP contribution in [0.2, 0.25) is 0 Å². The Kier molecular flexibility index (Phi) is 2.82. The third kappa shape index (κ3) is 2.16. The van der Waals surface area contributed by atoms with Gasteiger partial charge in [-0.25, -0.2) is 4.79 Å². The van der Waals surface area contributed by atoms with Crippen LogP contribution in [0, 0.1) is 11.3 Å². The molecule has 1 atom stereocenters. The molecule has 0 saturated carbocycles. The first-order valence-electron chi connectivity index (χ1n) is 3.23. The first-order valence-corrected chi connectivity index (χ1v) is 4.55. The van der Waals surface area contributed by atoms with Crippen molar-refractivity contribution in [3.05, 3.63) is 17.9 Å². The maximum Gasteiger partial charge on any atom is 0.371 e. The van der Waals surface area contributed by atoms with E-state index >= 15 is 0 Å². The quantitative estimate of drug-likeness (QED) is 0.769. The number of nitrogens with zero attached hydrogens (tertiary/aromatic N) is 1. The Labute approximate surface area is 76.0 Å². The number of carboxylic acids is 1. The van der Waals surface area contributed by atoms with Crippen molar-refractivity contribution in [2.45, 2.75) is 5.09 Å². The Hall–Kier alpha value is -1.61. The summed E-state index contributed by atoms with van der Waals surface area (Å²) in [6.07, 6.45) is 0. The van der Waals surface area contributed by atoms with Crippen LogP contribution in [-0.2, 0) is 10.8 Å². The molecular formula is C7H5NO4S. The normalized spacial score (nSPS) is 11.9. The number of furan rings is 1. The zero-order valence-electron chi connectivity index (χ0n) is 6.39. The molecular weight excluding hydrogens is 194 g/mol. The molecule has 0 aliphatic heterocycles. The van der Waals surface area contributed by atoms with Crippen molar-refractivity contribution < 1.29 is 18.5 Å². The number of hydrogen-bond donors (Lipinski definition) is 1. The highest BCUT2D eigenvalue weighted by Crippen LogP contribution is 2.11. The van der Waals surface area contributed by atoms with Gasteiger partial charge in [0.25, 0.3) is 0 Å². The van der Waals surface area contributed by atoms with Crippen LogP contribution in [0.5, 0.6) is 0 Å². The summed E-state index contributed by atoms with van der Waals surface area (Å²) in [7, 11) is -1.57. The van der Waals surface area contributed by atoms with E-state index in [0.717, 1.165) is 0 Å². The Bertz CT molecular complexity index is 389. The highest BCUT2D eigenvalue weighted by Gasteiger charge is 2.12. The minimum Gasteiger partial charge on any atom is -0.475 e. The molecule has 1 N–H and O–H groups in total. The molecule has 1 heterocycles. The van der Waals surface area contributed by atoms with E-state index in [1.807, 2.05) is 0 Å². The number of carbonyl (C=O) groups is 1. The number of aromatic carboxylic acids is 1. The monoisotopic (exact) mass is 199 g/mol. The molecule has 0 aromatic carbocycles. The average molecular weight is 199 g/mol. The summed E-state index contributed by atoms with van der Waals surface area (Å²) < 4.78 is 15.8. The van der Waals surface area contributed by atoms with Crippen molar-refractivity contribution in [2.24, 2.45) is 0 Å². The highest BCUT2D eigenvalue weighted by atomic mass is 32.2. The van der Waals surface area contributed by atoms with Crippen LogP contribution in [0.4, 0.5) is 0 Å². The fourth-order valence-electron chi connectivity index (χ4n) is 0.687. The standard InChI is InChI=1S/C7H5NO4S/c8-3-4-13(11)6-2-1-5(12-6)7(9)10/h1-2H,4H2,(H,9,10). The summed E-state index contributed by atoms with van der Waals surface area (Å²) in [4.78, 5) is 10.3. The predicted molar refractivity (Wildman–Crippen MR) is 42.6 cm³/mol. The highest BCUT2D eigenvalue weighted by molar-refractivity contribution is 7.85. The lowest BCUT2D eigenvalue weighted by atomic mass is 10.5. The smallest absolute Gasteiger partial charge is 0.371 e. The molecule has 0 fully saturated rings. The lowest BCUT2D eigenvalue weighted by Gasteiger charge is -1.89. The van der Waals surface area contributed by atoms with E-state index < -0.39 is 16.8 Å². The van der Waals surface area contributed by atoms with Crippen LogP contribution < -0.4 is 0 Å². The fraction of sp³-hybridized carbons (Fsp3) is 0.143. The van der Waals surface area contributed by atoms with Crippen molar-refractivity contribution in [1.29, 1.82) is 5.26 Å². The van der Waals surface area contributed by atoms with Crippen LogP contribution in [-0.4, -0.2) is 21.0 Å². The van der Waals surface area contributed by atoms with Crippen molar-refractivity contribution in [2.75, 3.05) is 5.75 Å². The van der Waals surface area contributed by atoms with Gasteiger partial charge in [-0.2, -0.15) is 5.26 Å². The minimum absolute atomic E-state index is 0.0129. The Morgan fingerprint density at radius 2 is 2.38 bits per heavy atom. The van der Waals surface area contributed by atoms with E-state index in [1.165, 1.54) is 12.1 Å². The van der Waals surface area contributed by atoms with Gasteiger partial charge in [0.15, 0.2) is 5.09 Å². The van der Waals surface area contributed by atoms with E-state index in [1.54, 1.807) is 6.07 Å². The van der Waals surface area contributed by atoms with Gasteiger partial charge in [0.2, 0.25) is 5.76 Å². The van der Waals surface area contributed by atoms with Gasteiger partial charge in [0.1, 0.15) is 16.6 Å². The van der Waals surface area contributed by atoms with Crippen molar-refractivity contribution in [3.8, 4) is 6.07 Å². The third-order valence-corrected chi connectivity index (χ3v) is 2.27. The molecule has 1 aromatic rings. The summed E-state index contributed by atoms with van der Waals surface area (Å²) in [5.74, 6) is -1.70. The summed E-state index contributed by atoms with van der Waals surface area (Å²) >= 11 is 0. The Morgan fingerprint density at radius 3 is 2.85 bits per heavy atom. The predicted octanol–water partition coefficient (Wildman–Crippen LogP) is 0.609. The first kappa shape index (κ1) is 9.48. The van der Waals surface area contributed by atoms with Crippen LogP contribution in [0.15, 0.2) is 21.6 Å². The van der Waals surface area contributed by atoms with Gasteiger partial charge in [0, 0.05) is 0 Å². The molecule has 0 spiro atoms. The van der Waals surface area contributed by atoms with Gasteiger partial charge in [-0.3, -0.25) is 4.21 Å². The van der Waals surface area contributed by atoms with Gasteiger partial charge < -0.3 is 9.52 Å². The summed E-state index contributed by atoms with van der Waals surface area (Å²) in [5.41, 5.74) is 0. The SMILES string of the molecule is N#CCS(=O)c1ccc(C(=O)O)o1. The summed E-state index contributed by atoms with van der Waals surface area (Å²) in [6, 6.07) is 4.19. The summed E-state index contributed by atoms with van der Waals surface area (Å²) in [6.45, 7) is 0. The van der Waals surface area contributed by atoms with Gasteiger partial charge in [0.05, 0.1) is 6.07 Å². The van der Waals surface area contributed by atoms with Gasteiger partial charge in [-0.1, -0.05) is 0 Å². The zero-order valence-corrected chi connectivity index (χ0v) is 7.21. The number of rotatable bonds is 3. The van der Waals surface area contributed by atoms with E-state index in [9.17, 15) is 9.00 Å². The fourth-order valence-corrected chi connectivity index (χ4v) is 1.35. The Balaban J connectivity index is 2.87. The largest absolute Gasteiger partial charge is 0.475 e. The van der Waals surface area contributed by atoms with Gasteiger partial charge >= 0.3 is 5.97 Å². The summed E-state index contributed by atoms with van der Waals surface area (Å²) in [5, 5.41) is 16.7. The van der Waals surface area contributed by atoms with E-state index in [-0.39, 0.29) is 16.6 Å². The molecule has 0 aliphatic rings. The molecule has 68 valence electrons. The molecule has 0 amide bonds. The molecule has 6 heteroatoms. The van der Waals surface area contributed by atoms with Crippen LogP contribution in [0.25, 0.3) is 0 Å². The Morgan fingerprint density at radius 1 is 1.69 bits per heavy atom. The van der Waals surface area contributed by atoms with E-state index in [4.69, 9.17) is 14.8 Å². The third-order valence-electron chi connectivity index (χ3n) is 1.21. The van der Waals surface area contributed by atoms with Crippen molar-refractivity contribution in [1.82, 2.24) is 0 Å². The van der Waals surface area contributed by atoms with Crippen molar-refractivity contribution in [3.63, 3.8) is 0 Å². The molecule has 0 aliphatic carbocycles.